The molecule has 1 heterocycles. The van der Waals surface area contributed by atoms with Crippen LogP contribution in [0.25, 0.3) is 0 Å². The Morgan fingerprint density at radius 1 is 1.35 bits per heavy atom. The Hall–Kier alpha value is -1.58. The van der Waals surface area contributed by atoms with Gasteiger partial charge in [0.05, 0.1) is 5.56 Å². The van der Waals surface area contributed by atoms with E-state index in [0.717, 1.165) is 18.8 Å². The fourth-order valence-corrected chi connectivity index (χ4v) is 2.09. The summed E-state index contributed by atoms with van der Waals surface area (Å²) in [4.78, 5) is 14.7. The van der Waals surface area contributed by atoms with Crippen LogP contribution < -0.4 is 4.74 Å². The van der Waals surface area contributed by atoms with Crippen molar-refractivity contribution >= 4 is 5.97 Å². The van der Waals surface area contributed by atoms with Crippen LogP contribution in [0.5, 0.6) is 5.88 Å². The number of aromatic carboxylic acids is 1. The van der Waals surface area contributed by atoms with Crippen molar-refractivity contribution in [3.63, 3.8) is 0 Å². The molecule has 0 spiro atoms. The van der Waals surface area contributed by atoms with Gasteiger partial charge in [0.25, 0.3) is 0 Å². The Morgan fingerprint density at radius 3 is 2.59 bits per heavy atom. The maximum absolute atomic E-state index is 10.7. The van der Waals surface area contributed by atoms with E-state index in [9.17, 15) is 4.79 Å². The fraction of sp³-hybridized carbons (Fsp3) is 0.538. The van der Waals surface area contributed by atoms with Gasteiger partial charge in [-0.15, -0.1) is 0 Å². The second-order valence-corrected chi connectivity index (χ2v) is 4.69. The molecule has 1 aromatic rings. The molecule has 1 N–H and O–H groups in total. The summed E-state index contributed by atoms with van der Waals surface area (Å²) in [6, 6.07) is 3.15. The molecule has 0 atom stereocenters. The summed E-state index contributed by atoms with van der Waals surface area (Å²) in [5.74, 6) is 0.349. The topological polar surface area (TPSA) is 59.4 Å². The highest BCUT2D eigenvalue weighted by Gasteiger charge is 2.19. The van der Waals surface area contributed by atoms with E-state index < -0.39 is 5.97 Å². The van der Waals surface area contributed by atoms with Crippen molar-refractivity contribution in [3.05, 3.63) is 23.9 Å². The first kappa shape index (κ1) is 11.9. The Balaban J connectivity index is 1.92. The van der Waals surface area contributed by atoms with E-state index >= 15 is 0 Å². The first-order valence-corrected chi connectivity index (χ1v) is 6.01. The standard InChI is InChI=1S/C13H17NO3/c1-9-2-5-11(6-3-9)17-12-7-4-10(8-14-12)13(15)16/h4,7-9,11H,2-3,5-6H2,1H3,(H,15,16). The summed E-state index contributed by atoms with van der Waals surface area (Å²) >= 11 is 0. The number of ether oxygens (including phenoxy) is 1. The predicted molar refractivity (Wildman–Crippen MR) is 63.2 cm³/mol. The summed E-state index contributed by atoms with van der Waals surface area (Å²) in [5.41, 5.74) is 0.189. The molecule has 4 heteroatoms. The van der Waals surface area contributed by atoms with Crippen LogP contribution >= 0.6 is 0 Å². The van der Waals surface area contributed by atoms with Gasteiger partial charge >= 0.3 is 5.97 Å². The third-order valence-electron chi connectivity index (χ3n) is 3.23. The second-order valence-electron chi connectivity index (χ2n) is 4.69. The molecule has 1 saturated carbocycles. The number of pyridine rings is 1. The molecule has 92 valence electrons. The fourth-order valence-electron chi connectivity index (χ4n) is 2.09. The molecular weight excluding hydrogens is 218 g/mol. The lowest BCUT2D eigenvalue weighted by Gasteiger charge is -2.26. The summed E-state index contributed by atoms with van der Waals surface area (Å²) in [6.07, 6.45) is 6.07. The van der Waals surface area contributed by atoms with E-state index in [1.807, 2.05) is 0 Å². The zero-order valence-electron chi connectivity index (χ0n) is 9.93. The van der Waals surface area contributed by atoms with Crippen LogP contribution in [-0.2, 0) is 0 Å². The summed E-state index contributed by atoms with van der Waals surface area (Å²) in [6.45, 7) is 2.26. The summed E-state index contributed by atoms with van der Waals surface area (Å²) < 4.78 is 5.73. The monoisotopic (exact) mass is 235 g/mol. The minimum absolute atomic E-state index is 0.189. The molecule has 0 aliphatic heterocycles. The molecule has 17 heavy (non-hydrogen) atoms. The number of rotatable bonds is 3. The Kier molecular flexibility index (Phi) is 3.61. The van der Waals surface area contributed by atoms with E-state index in [1.54, 1.807) is 6.07 Å². The average Bonchev–Trinajstić information content (AvgIpc) is 2.33. The Bertz CT molecular complexity index is 380. The van der Waals surface area contributed by atoms with Gasteiger partial charge < -0.3 is 9.84 Å². The quantitative estimate of drug-likeness (QED) is 0.875. The van der Waals surface area contributed by atoms with Crippen molar-refractivity contribution in [2.24, 2.45) is 5.92 Å². The first-order chi connectivity index (χ1) is 8.15. The molecule has 1 aliphatic carbocycles. The van der Waals surface area contributed by atoms with Gasteiger partial charge in [0.1, 0.15) is 6.10 Å². The SMILES string of the molecule is CC1CCC(Oc2ccc(C(=O)O)cn2)CC1. The highest BCUT2D eigenvalue weighted by atomic mass is 16.5. The number of nitrogens with zero attached hydrogens (tertiary/aromatic N) is 1. The van der Waals surface area contributed by atoms with E-state index in [0.29, 0.717) is 5.88 Å². The largest absolute Gasteiger partial charge is 0.478 e. The van der Waals surface area contributed by atoms with Crippen LogP contribution in [0.1, 0.15) is 43.0 Å². The zero-order valence-corrected chi connectivity index (χ0v) is 9.93. The lowest BCUT2D eigenvalue weighted by atomic mass is 9.89. The minimum atomic E-state index is -0.962. The molecule has 4 nitrogen and oxygen atoms in total. The van der Waals surface area contributed by atoms with E-state index in [-0.39, 0.29) is 11.7 Å². The van der Waals surface area contributed by atoms with E-state index in [2.05, 4.69) is 11.9 Å². The third kappa shape index (κ3) is 3.19. The van der Waals surface area contributed by atoms with Crippen molar-refractivity contribution in [3.8, 4) is 5.88 Å². The van der Waals surface area contributed by atoms with Crippen molar-refractivity contribution in [1.29, 1.82) is 0 Å². The molecule has 0 saturated heterocycles. The second kappa shape index (κ2) is 5.17. The maximum Gasteiger partial charge on any atom is 0.337 e. The molecule has 1 fully saturated rings. The molecule has 0 aromatic carbocycles. The smallest absolute Gasteiger partial charge is 0.337 e. The highest BCUT2D eigenvalue weighted by Crippen LogP contribution is 2.26. The van der Waals surface area contributed by atoms with Crippen molar-refractivity contribution in [2.45, 2.75) is 38.7 Å². The Labute approximate surface area is 101 Å². The normalized spacial score (nSPS) is 24.3. The molecule has 0 radical (unpaired) electrons. The van der Waals surface area contributed by atoms with Gasteiger partial charge in [-0.25, -0.2) is 9.78 Å². The van der Waals surface area contributed by atoms with E-state index in [1.165, 1.54) is 25.1 Å². The van der Waals surface area contributed by atoms with Crippen LogP contribution in [0.3, 0.4) is 0 Å². The minimum Gasteiger partial charge on any atom is -0.478 e. The Morgan fingerprint density at radius 2 is 2.06 bits per heavy atom. The summed E-state index contributed by atoms with van der Waals surface area (Å²) in [7, 11) is 0. The van der Waals surface area contributed by atoms with Crippen LogP contribution in [-0.4, -0.2) is 22.2 Å². The molecular formula is C13H17NO3. The number of carbonyl (C=O) groups is 1. The zero-order chi connectivity index (χ0) is 12.3. The van der Waals surface area contributed by atoms with Gasteiger partial charge in [0.2, 0.25) is 5.88 Å². The van der Waals surface area contributed by atoms with Crippen molar-refractivity contribution in [2.75, 3.05) is 0 Å². The molecule has 0 unspecified atom stereocenters. The number of aromatic nitrogens is 1. The predicted octanol–water partition coefficient (Wildman–Crippen LogP) is 2.74. The van der Waals surface area contributed by atoms with Gasteiger partial charge in [0, 0.05) is 12.3 Å². The lowest BCUT2D eigenvalue weighted by molar-refractivity contribution is 0.0696. The van der Waals surface area contributed by atoms with Crippen LogP contribution in [0.4, 0.5) is 0 Å². The van der Waals surface area contributed by atoms with Gasteiger partial charge in [-0.1, -0.05) is 6.92 Å². The molecule has 2 rings (SSSR count). The maximum atomic E-state index is 10.7. The molecule has 1 aromatic heterocycles. The number of hydrogen-bond acceptors (Lipinski definition) is 3. The highest BCUT2D eigenvalue weighted by molar-refractivity contribution is 5.87. The van der Waals surface area contributed by atoms with Crippen molar-refractivity contribution < 1.29 is 14.6 Å². The van der Waals surface area contributed by atoms with E-state index in [4.69, 9.17) is 9.84 Å². The van der Waals surface area contributed by atoms with Crippen LogP contribution in [0.15, 0.2) is 18.3 Å². The lowest BCUT2D eigenvalue weighted by Crippen LogP contribution is -2.23. The average molecular weight is 235 g/mol. The number of hydrogen-bond donors (Lipinski definition) is 1. The molecule has 0 bridgehead atoms. The molecule has 0 amide bonds. The number of carboxylic acids is 1. The van der Waals surface area contributed by atoms with Crippen molar-refractivity contribution in [1.82, 2.24) is 4.98 Å². The van der Waals surface area contributed by atoms with Gasteiger partial charge in [-0.3, -0.25) is 0 Å². The first-order valence-electron chi connectivity index (χ1n) is 6.01. The number of carboxylic acid groups (broad SMARTS) is 1. The van der Waals surface area contributed by atoms with Crippen LogP contribution in [0.2, 0.25) is 0 Å². The third-order valence-corrected chi connectivity index (χ3v) is 3.23. The molecule has 1 aliphatic rings. The van der Waals surface area contributed by atoms with Gasteiger partial charge in [-0.2, -0.15) is 0 Å². The summed E-state index contributed by atoms with van der Waals surface area (Å²) in [5, 5.41) is 8.75. The van der Waals surface area contributed by atoms with Gasteiger partial charge in [0.15, 0.2) is 0 Å². The van der Waals surface area contributed by atoms with Crippen LogP contribution in [0, 0.1) is 5.92 Å². The van der Waals surface area contributed by atoms with Gasteiger partial charge in [-0.05, 0) is 37.7 Å².